The van der Waals surface area contributed by atoms with Crippen LogP contribution in [0.25, 0.3) is 0 Å². The smallest absolute Gasteiger partial charge is 0.343 e. The van der Waals surface area contributed by atoms with Crippen LogP contribution in [0, 0.1) is 6.92 Å². The van der Waals surface area contributed by atoms with Crippen molar-refractivity contribution in [3.05, 3.63) is 22.2 Å². The van der Waals surface area contributed by atoms with Crippen LogP contribution >= 0.6 is 11.8 Å². The number of aromatic nitrogens is 5. The Morgan fingerprint density at radius 2 is 2.26 bits per heavy atom. The number of aryl methyl sites for hydroxylation is 1. The van der Waals surface area contributed by atoms with E-state index in [-0.39, 0.29) is 5.69 Å². The predicted molar refractivity (Wildman–Crippen MR) is 73.6 cm³/mol. The third kappa shape index (κ3) is 3.14. The largest absolute Gasteiger partial charge is 0.357 e. The van der Waals surface area contributed by atoms with Crippen LogP contribution in [0.15, 0.2) is 21.0 Å². The molecule has 102 valence electrons. The van der Waals surface area contributed by atoms with Crippen molar-refractivity contribution in [1.82, 2.24) is 24.7 Å². The van der Waals surface area contributed by atoms with Crippen LogP contribution in [-0.2, 0) is 6.54 Å². The number of rotatable bonds is 5. The van der Waals surface area contributed by atoms with Gasteiger partial charge in [0.25, 0.3) is 0 Å². The van der Waals surface area contributed by atoms with Crippen LogP contribution in [-0.4, -0.2) is 31.8 Å². The molecule has 0 bridgehead atoms. The van der Waals surface area contributed by atoms with Gasteiger partial charge >= 0.3 is 5.69 Å². The Balaban J connectivity index is 2.30. The summed E-state index contributed by atoms with van der Waals surface area (Å²) in [6.45, 7) is 4.55. The van der Waals surface area contributed by atoms with E-state index in [9.17, 15) is 4.79 Å². The fraction of sp³-hybridized carbons (Fsp3) is 0.455. The number of aromatic amines is 1. The van der Waals surface area contributed by atoms with Crippen molar-refractivity contribution in [2.75, 3.05) is 12.4 Å². The van der Waals surface area contributed by atoms with E-state index >= 15 is 0 Å². The molecule has 0 fully saturated rings. The quantitative estimate of drug-likeness (QED) is 0.802. The zero-order chi connectivity index (χ0) is 13.8. The van der Waals surface area contributed by atoms with Crippen LogP contribution in [0.5, 0.6) is 0 Å². The molecule has 7 nitrogen and oxygen atoms in total. The zero-order valence-electron chi connectivity index (χ0n) is 11.1. The van der Waals surface area contributed by atoms with E-state index in [1.54, 1.807) is 11.6 Å². The molecule has 2 N–H and O–H groups in total. The molecule has 0 saturated heterocycles. The lowest BCUT2D eigenvalue weighted by atomic mass is 10.5. The summed E-state index contributed by atoms with van der Waals surface area (Å²) in [5.41, 5.74) is 0.672. The standard InChI is InChI=1S/C11H16N6OS/c1-4-5-17-10(18)15-16-11(17)19-8-6-7(2)13-9(12-3)14-8/h6H,4-5H2,1-3H3,(H,15,18)(H,12,13,14). The molecule has 0 aliphatic rings. The zero-order valence-corrected chi connectivity index (χ0v) is 11.9. The summed E-state index contributed by atoms with van der Waals surface area (Å²) in [6.07, 6.45) is 0.873. The number of hydrogen-bond acceptors (Lipinski definition) is 6. The summed E-state index contributed by atoms with van der Waals surface area (Å²) < 4.78 is 1.61. The second-order valence-electron chi connectivity index (χ2n) is 3.99. The summed E-state index contributed by atoms with van der Waals surface area (Å²) >= 11 is 1.35. The highest BCUT2D eigenvalue weighted by atomic mass is 32.2. The van der Waals surface area contributed by atoms with Crippen LogP contribution in [0.3, 0.4) is 0 Å². The van der Waals surface area contributed by atoms with Gasteiger partial charge in [0.15, 0.2) is 5.16 Å². The molecule has 0 radical (unpaired) electrons. The summed E-state index contributed by atoms with van der Waals surface area (Å²) in [4.78, 5) is 20.2. The first kappa shape index (κ1) is 13.6. The van der Waals surface area contributed by atoms with Crippen molar-refractivity contribution >= 4 is 17.7 Å². The first-order valence-corrected chi connectivity index (χ1v) is 6.82. The highest BCUT2D eigenvalue weighted by Gasteiger charge is 2.11. The van der Waals surface area contributed by atoms with Crippen molar-refractivity contribution in [3.8, 4) is 0 Å². The maximum absolute atomic E-state index is 11.6. The topological polar surface area (TPSA) is 88.5 Å². The van der Waals surface area contributed by atoms with Gasteiger partial charge in [-0.3, -0.25) is 4.57 Å². The van der Waals surface area contributed by atoms with E-state index in [1.165, 1.54) is 11.8 Å². The lowest BCUT2D eigenvalue weighted by Gasteiger charge is -2.05. The van der Waals surface area contributed by atoms with Crippen molar-refractivity contribution < 1.29 is 0 Å². The normalized spacial score (nSPS) is 10.7. The summed E-state index contributed by atoms with van der Waals surface area (Å²) in [6, 6.07) is 1.86. The van der Waals surface area contributed by atoms with Crippen molar-refractivity contribution in [1.29, 1.82) is 0 Å². The second kappa shape index (κ2) is 5.87. The van der Waals surface area contributed by atoms with Gasteiger partial charge in [0.1, 0.15) is 5.03 Å². The average molecular weight is 280 g/mol. The molecule has 0 aliphatic carbocycles. The van der Waals surface area contributed by atoms with Crippen molar-refractivity contribution in [2.24, 2.45) is 0 Å². The van der Waals surface area contributed by atoms with Gasteiger partial charge < -0.3 is 5.32 Å². The monoisotopic (exact) mass is 280 g/mol. The Labute approximate surface area is 114 Å². The van der Waals surface area contributed by atoms with E-state index in [0.29, 0.717) is 17.6 Å². The van der Waals surface area contributed by atoms with E-state index in [0.717, 1.165) is 17.1 Å². The first-order valence-electron chi connectivity index (χ1n) is 6.00. The molecule has 8 heteroatoms. The van der Waals surface area contributed by atoms with Crippen LogP contribution in [0.4, 0.5) is 5.95 Å². The summed E-state index contributed by atoms with van der Waals surface area (Å²) in [7, 11) is 1.77. The van der Waals surface area contributed by atoms with E-state index in [4.69, 9.17) is 0 Å². The molecule has 0 atom stereocenters. The Hall–Kier alpha value is -1.83. The molecule has 0 spiro atoms. The fourth-order valence-electron chi connectivity index (χ4n) is 1.60. The lowest BCUT2D eigenvalue weighted by Crippen LogP contribution is -2.17. The molecular weight excluding hydrogens is 264 g/mol. The van der Waals surface area contributed by atoms with E-state index < -0.39 is 0 Å². The van der Waals surface area contributed by atoms with Gasteiger partial charge in [0, 0.05) is 19.3 Å². The number of nitrogens with zero attached hydrogens (tertiary/aromatic N) is 4. The third-order valence-corrected chi connectivity index (χ3v) is 3.33. The third-order valence-electron chi connectivity index (χ3n) is 2.42. The molecule has 0 unspecified atom stereocenters. The Morgan fingerprint density at radius 1 is 1.47 bits per heavy atom. The minimum absolute atomic E-state index is 0.191. The SMILES string of the molecule is CCCn1c(Sc2cc(C)nc(NC)n2)n[nH]c1=O. The molecule has 0 aliphatic heterocycles. The van der Waals surface area contributed by atoms with Crippen molar-refractivity contribution in [2.45, 2.75) is 37.0 Å². The van der Waals surface area contributed by atoms with Gasteiger partial charge in [0.2, 0.25) is 5.95 Å². The second-order valence-corrected chi connectivity index (χ2v) is 4.97. The maximum atomic E-state index is 11.6. The molecule has 2 heterocycles. The molecule has 2 rings (SSSR count). The van der Waals surface area contributed by atoms with Crippen LogP contribution < -0.4 is 11.0 Å². The number of nitrogens with one attached hydrogen (secondary N) is 2. The number of H-pyrrole nitrogens is 1. The molecule has 2 aromatic rings. The van der Waals surface area contributed by atoms with Gasteiger partial charge in [0.05, 0.1) is 0 Å². The summed E-state index contributed by atoms with van der Waals surface area (Å²) in [5, 5.41) is 10.8. The summed E-state index contributed by atoms with van der Waals surface area (Å²) in [5.74, 6) is 0.558. The van der Waals surface area contributed by atoms with Gasteiger partial charge in [-0.05, 0) is 31.2 Å². The minimum atomic E-state index is -0.191. The molecular formula is C11H16N6OS. The Morgan fingerprint density at radius 3 is 2.95 bits per heavy atom. The average Bonchev–Trinajstić information content (AvgIpc) is 2.71. The Bertz CT molecular complexity index is 620. The highest BCUT2D eigenvalue weighted by molar-refractivity contribution is 7.99. The highest BCUT2D eigenvalue weighted by Crippen LogP contribution is 2.24. The number of hydrogen-bond donors (Lipinski definition) is 2. The van der Waals surface area contributed by atoms with Gasteiger partial charge in [-0.2, -0.15) is 0 Å². The fourth-order valence-corrected chi connectivity index (χ4v) is 2.52. The van der Waals surface area contributed by atoms with Crippen molar-refractivity contribution in [3.63, 3.8) is 0 Å². The van der Waals surface area contributed by atoms with Gasteiger partial charge in [-0.25, -0.2) is 19.9 Å². The van der Waals surface area contributed by atoms with Gasteiger partial charge in [-0.1, -0.05) is 6.92 Å². The van der Waals surface area contributed by atoms with E-state index in [1.807, 2.05) is 19.9 Å². The van der Waals surface area contributed by atoms with E-state index in [2.05, 4.69) is 25.5 Å². The Kier molecular flexibility index (Phi) is 4.20. The molecule has 19 heavy (non-hydrogen) atoms. The maximum Gasteiger partial charge on any atom is 0.343 e. The number of anilines is 1. The van der Waals surface area contributed by atoms with Crippen LogP contribution in [0.1, 0.15) is 19.0 Å². The van der Waals surface area contributed by atoms with Gasteiger partial charge in [-0.15, -0.1) is 5.10 Å². The molecule has 2 aromatic heterocycles. The van der Waals surface area contributed by atoms with Crippen LogP contribution in [0.2, 0.25) is 0 Å². The predicted octanol–water partition coefficient (Wildman–Crippen LogP) is 1.27. The molecule has 0 aromatic carbocycles. The first-order chi connectivity index (χ1) is 9.13. The lowest BCUT2D eigenvalue weighted by molar-refractivity contribution is 0.603. The molecule has 0 amide bonds. The molecule has 0 saturated carbocycles. The minimum Gasteiger partial charge on any atom is -0.357 e.